The number of aromatic hydroxyl groups is 1. The number of phenolic OH excluding ortho intramolecular Hbond substituents is 1. The van der Waals surface area contributed by atoms with Gasteiger partial charge in [0, 0.05) is 36.8 Å². The van der Waals surface area contributed by atoms with Gasteiger partial charge in [-0.25, -0.2) is 0 Å². The number of carbonyl (C=O) groups is 2. The zero-order chi connectivity index (χ0) is 18.1. The highest BCUT2D eigenvalue weighted by Gasteiger charge is 2.36. The van der Waals surface area contributed by atoms with E-state index < -0.39 is 12.5 Å². The van der Waals surface area contributed by atoms with Gasteiger partial charge in [0.15, 0.2) is 0 Å². The molecule has 0 aromatic heterocycles. The molecule has 1 aromatic rings. The Morgan fingerprint density at radius 1 is 1.33 bits per heavy atom. The Hall–Kier alpha value is -2.09. The van der Waals surface area contributed by atoms with E-state index in [-0.39, 0.29) is 11.9 Å². The molecule has 0 radical (unpaired) electrons. The normalized spacial score (nSPS) is 19.8. The van der Waals surface area contributed by atoms with Gasteiger partial charge < -0.3 is 15.3 Å². The smallest absolute Gasteiger partial charge is 0.446 e. The average molecular weight is 344 g/mol. The summed E-state index contributed by atoms with van der Waals surface area (Å²) in [5.41, 5.74) is 3.39. The number of aldehydes is 1. The van der Waals surface area contributed by atoms with Crippen LogP contribution in [-0.2, 0) is 11.2 Å². The minimum absolute atomic E-state index is 0.0792. The van der Waals surface area contributed by atoms with E-state index in [2.05, 4.69) is 5.32 Å². The molecule has 1 fully saturated rings. The zero-order valence-electron chi connectivity index (χ0n) is 13.4. The van der Waals surface area contributed by atoms with Gasteiger partial charge in [-0.3, -0.25) is 9.59 Å². The van der Waals surface area contributed by atoms with Crippen LogP contribution >= 0.6 is 0 Å². The molecule has 2 aliphatic heterocycles. The molecule has 0 saturated carbocycles. The first-order chi connectivity index (χ1) is 11.2. The third kappa shape index (κ3) is 3.69. The number of nitrogens with zero attached hydrogens (tertiary/aromatic N) is 1. The zero-order valence-corrected chi connectivity index (χ0v) is 13.4. The molecule has 1 aromatic carbocycles. The maximum absolute atomic E-state index is 12.5. The van der Waals surface area contributed by atoms with Gasteiger partial charge in [0.2, 0.25) is 6.29 Å². The van der Waals surface area contributed by atoms with Gasteiger partial charge in [0.05, 0.1) is 0 Å². The molecule has 2 N–H and O–H groups in total. The third-order valence-electron chi connectivity index (χ3n) is 4.19. The van der Waals surface area contributed by atoms with Gasteiger partial charge in [0.25, 0.3) is 5.91 Å². The number of aryl methyl sites for hydroxylation is 2. The number of piperazine rings is 1. The Labute approximate surface area is 137 Å². The molecule has 1 atom stereocenters. The molecular weight excluding hydrogens is 325 g/mol. The molecule has 0 spiro atoms. The van der Waals surface area contributed by atoms with Gasteiger partial charge in [-0.2, -0.15) is 13.2 Å². The van der Waals surface area contributed by atoms with E-state index in [1.54, 1.807) is 0 Å². The van der Waals surface area contributed by atoms with Crippen LogP contribution in [0.5, 0.6) is 5.75 Å². The molecule has 1 saturated heterocycles. The molecule has 0 aliphatic carbocycles. The molecule has 0 bridgehead atoms. The lowest BCUT2D eigenvalue weighted by Crippen LogP contribution is -2.56. The van der Waals surface area contributed by atoms with Gasteiger partial charge in [-0.1, -0.05) is 6.07 Å². The third-order valence-corrected chi connectivity index (χ3v) is 4.19. The summed E-state index contributed by atoms with van der Waals surface area (Å²) < 4.78 is 31.2. The molecule has 2 aliphatic rings. The number of hydrogen-bond acceptors (Lipinski definition) is 4. The Morgan fingerprint density at radius 3 is 2.54 bits per heavy atom. The van der Waals surface area contributed by atoms with Crippen LogP contribution in [0.25, 0.3) is 0 Å². The summed E-state index contributed by atoms with van der Waals surface area (Å²) >= 11 is 0. The molecule has 3 rings (SSSR count). The maximum Gasteiger partial charge on any atom is 0.446 e. The Bertz CT molecular complexity index is 659. The summed E-state index contributed by atoms with van der Waals surface area (Å²) in [7, 11) is 0. The highest BCUT2D eigenvalue weighted by molar-refractivity contribution is 5.99. The van der Waals surface area contributed by atoms with Crippen LogP contribution in [0, 0.1) is 13.8 Å². The number of fused-ring (bicyclic) bond motifs is 2. The molecule has 132 valence electrons. The van der Waals surface area contributed by atoms with E-state index in [1.165, 1.54) is 0 Å². The Morgan fingerprint density at radius 2 is 1.96 bits per heavy atom. The summed E-state index contributed by atoms with van der Waals surface area (Å²) in [5.74, 6) is 0.379. The standard InChI is InChI=1S/C14H18N2O2.C2HF3O/c1-8-5-9(2)13(17)11-6-10-7-15-3-4-16(10)14(18)12(8)11;3-2(4,5)1-6/h5,10,15,17H,3-4,6-7H2,1-2H3;1H/t10-;/m1./s1. The van der Waals surface area contributed by atoms with Crippen molar-refractivity contribution in [2.24, 2.45) is 0 Å². The quantitative estimate of drug-likeness (QED) is 0.703. The first kappa shape index (κ1) is 18.3. The van der Waals surface area contributed by atoms with Crippen molar-refractivity contribution in [3.8, 4) is 5.75 Å². The van der Waals surface area contributed by atoms with Crippen LogP contribution in [0.15, 0.2) is 6.07 Å². The van der Waals surface area contributed by atoms with Crippen LogP contribution in [0.3, 0.4) is 0 Å². The number of hydrogen-bond donors (Lipinski definition) is 2. The highest BCUT2D eigenvalue weighted by Crippen LogP contribution is 2.35. The van der Waals surface area contributed by atoms with Crippen molar-refractivity contribution in [1.29, 1.82) is 0 Å². The van der Waals surface area contributed by atoms with Crippen molar-refractivity contribution in [2.75, 3.05) is 19.6 Å². The topological polar surface area (TPSA) is 69.6 Å². The number of rotatable bonds is 0. The number of carbonyl (C=O) groups excluding carboxylic acids is 2. The SMILES string of the molecule is Cc1cc(C)c2c(c1O)C[C@@H]1CNCCN1C2=O.O=CC(F)(F)F. The Kier molecular flexibility index (Phi) is 5.17. The summed E-state index contributed by atoms with van der Waals surface area (Å²) in [4.78, 5) is 23.2. The summed E-state index contributed by atoms with van der Waals surface area (Å²) in [6.07, 6.45) is -4.95. The highest BCUT2D eigenvalue weighted by atomic mass is 19.4. The van der Waals surface area contributed by atoms with Crippen molar-refractivity contribution in [1.82, 2.24) is 10.2 Å². The molecule has 24 heavy (non-hydrogen) atoms. The second-order valence-electron chi connectivity index (χ2n) is 5.93. The molecule has 0 unspecified atom stereocenters. The van der Waals surface area contributed by atoms with E-state index in [9.17, 15) is 23.1 Å². The summed E-state index contributed by atoms with van der Waals surface area (Å²) in [5, 5.41) is 13.5. The van der Waals surface area contributed by atoms with Crippen molar-refractivity contribution in [2.45, 2.75) is 32.5 Å². The summed E-state index contributed by atoms with van der Waals surface area (Å²) in [6.45, 7) is 6.27. The number of phenols is 1. The maximum atomic E-state index is 12.5. The molecular formula is C16H19F3N2O3. The van der Waals surface area contributed by atoms with Gasteiger partial charge in [-0.15, -0.1) is 0 Å². The van der Waals surface area contributed by atoms with E-state index in [4.69, 9.17) is 4.79 Å². The first-order valence-corrected chi connectivity index (χ1v) is 7.52. The van der Waals surface area contributed by atoms with E-state index >= 15 is 0 Å². The van der Waals surface area contributed by atoms with Crippen molar-refractivity contribution in [3.63, 3.8) is 0 Å². The van der Waals surface area contributed by atoms with Gasteiger partial charge in [0.1, 0.15) is 5.75 Å². The molecule has 8 heteroatoms. The van der Waals surface area contributed by atoms with Crippen LogP contribution in [0.4, 0.5) is 13.2 Å². The van der Waals surface area contributed by atoms with Crippen molar-refractivity contribution >= 4 is 12.2 Å². The lowest BCUT2D eigenvalue weighted by Gasteiger charge is -2.41. The largest absolute Gasteiger partial charge is 0.507 e. The lowest BCUT2D eigenvalue weighted by atomic mass is 9.87. The fourth-order valence-electron chi connectivity index (χ4n) is 3.15. The first-order valence-electron chi connectivity index (χ1n) is 7.52. The predicted octanol–water partition coefficient (Wildman–Crippen LogP) is 1.73. The predicted molar refractivity (Wildman–Crippen MR) is 81.1 cm³/mol. The minimum Gasteiger partial charge on any atom is -0.507 e. The fraction of sp³-hybridized carbons (Fsp3) is 0.500. The molecule has 2 heterocycles. The van der Waals surface area contributed by atoms with E-state index in [0.29, 0.717) is 5.75 Å². The number of amides is 1. The number of alkyl halides is 3. The van der Waals surface area contributed by atoms with Crippen molar-refractivity contribution in [3.05, 3.63) is 28.3 Å². The fourth-order valence-corrected chi connectivity index (χ4v) is 3.15. The average Bonchev–Trinajstić information content (AvgIpc) is 2.52. The minimum atomic E-state index is -4.64. The second-order valence-corrected chi connectivity index (χ2v) is 5.93. The van der Waals surface area contributed by atoms with Crippen LogP contribution < -0.4 is 5.32 Å². The number of halogens is 3. The van der Waals surface area contributed by atoms with E-state index in [0.717, 1.165) is 48.3 Å². The van der Waals surface area contributed by atoms with Gasteiger partial charge in [-0.05, 0) is 31.4 Å². The van der Waals surface area contributed by atoms with Crippen LogP contribution in [0.1, 0.15) is 27.0 Å². The van der Waals surface area contributed by atoms with Crippen LogP contribution in [0.2, 0.25) is 0 Å². The molecule has 1 amide bonds. The lowest BCUT2D eigenvalue weighted by molar-refractivity contribution is -0.156. The Balaban J connectivity index is 0.000000301. The second kappa shape index (κ2) is 6.80. The number of benzene rings is 1. The van der Waals surface area contributed by atoms with Crippen molar-refractivity contribution < 1.29 is 27.9 Å². The van der Waals surface area contributed by atoms with Crippen LogP contribution in [-0.4, -0.2) is 54.1 Å². The molecule has 5 nitrogen and oxygen atoms in total. The number of nitrogens with one attached hydrogen (secondary N) is 1. The van der Waals surface area contributed by atoms with E-state index in [1.807, 2.05) is 24.8 Å². The van der Waals surface area contributed by atoms with Gasteiger partial charge >= 0.3 is 6.18 Å². The monoisotopic (exact) mass is 344 g/mol. The summed E-state index contributed by atoms with van der Waals surface area (Å²) in [6, 6.07) is 2.08.